The van der Waals surface area contributed by atoms with Crippen LogP contribution in [0.3, 0.4) is 0 Å². The van der Waals surface area contributed by atoms with Crippen molar-refractivity contribution in [3.05, 3.63) is 96.1 Å². The number of aliphatic imine (C=N–C) groups is 7. The second-order valence-electron chi connectivity index (χ2n) is 34.7. The van der Waals surface area contributed by atoms with Gasteiger partial charge in [0.2, 0.25) is 11.9 Å². The Kier molecular flexibility index (Phi) is 34.1. The third kappa shape index (κ3) is 22.9. The van der Waals surface area contributed by atoms with Crippen molar-refractivity contribution in [2.75, 3.05) is 57.7 Å². The summed E-state index contributed by atoms with van der Waals surface area (Å²) in [6.07, 6.45) is -3.16. The Labute approximate surface area is 796 Å². The van der Waals surface area contributed by atoms with Gasteiger partial charge in [-0.25, -0.2) is 25.4 Å². The lowest BCUT2D eigenvalue weighted by atomic mass is 9.90. The Morgan fingerprint density at radius 1 is 0.554 bits per heavy atom. The molecule has 16 unspecified atom stereocenters. The average molecular weight is 1940 g/mol. The van der Waals surface area contributed by atoms with E-state index in [1.807, 2.05) is 56.5 Å². The molecule has 1 saturated carbocycles. The first kappa shape index (κ1) is 103. The number of nitrogen functional groups attached to an aromatic ring is 2. The molecule has 12 aliphatic rings. The highest BCUT2D eigenvalue weighted by atomic mass is 16.6. The minimum absolute atomic E-state index is 0. The van der Waals surface area contributed by atoms with E-state index in [-0.39, 0.29) is 60.5 Å². The molecule has 27 N–H and O–H groups in total. The minimum atomic E-state index is -1.27. The summed E-state index contributed by atoms with van der Waals surface area (Å²) in [5.41, 5.74) is 31.5. The number of anilines is 2. The number of guanidine groups is 2. The van der Waals surface area contributed by atoms with E-state index in [2.05, 4.69) is 152 Å². The van der Waals surface area contributed by atoms with Crippen molar-refractivity contribution < 1.29 is 110 Å². The number of nitrogens with zero attached hydrogens (tertiary/aromatic N) is 21. The number of rotatable bonds is 23. The van der Waals surface area contributed by atoms with Gasteiger partial charge in [-0.05, 0) is 65.8 Å². The maximum Gasteiger partial charge on any atom is 0.320 e. The number of aryl methyl sites for hydroxylation is 1. The molecule has 26 atom stereocenters. The Morgan fingerprint density at radius 2 is 1.02 bits per heavy atom. The minimum Gasteiger partial charge on any atom is -0.463 e. The zero-order valence-electron chi connectivity index (χ0n) is 75.6. The lowest BCUT2D eigenvalue weighted by Gasteiger charge is -2.35. The molecule has 5 saturated heterocycles. The third-order valence-corrected chi connectivity index (χ3v) is 24.7. The van der Waals surface area contributed by atoms with Gasteiger partial charge < -0.3 is 158 Å². The van der Waals surface area contributed by atoms with Crippen LogP contribution in [0.25, 0.3) is 33.1 Å². The molecule has 11 aliphatic heterocycles. The van der Waals surface area contributed by atoms with Crippen LogP contribution in [0.2, 0.25) is 0 Å². The molecule has 139 heavy (non-hydrogen) atoms. The van der Waals surface area contributed by atoms with E-state index < -0.39 is 192 Å². The van der Waals surface area contributed by atoms with Gasteiger partial charge in [-0.2, -0.15) is 40.1 Å². The third-order valence-electron chi connectivity index (χ3n) is 24.7. The first-order chi connectivity index (χ1) is 66.6. The number of nitrogens with two attached hydrogens (primary N) is 4. The van der Waals surface area contributed by atoms with E-state index in [0.29, 0.717) is 72.5 Å². The summed E-state index contributed by atoms with van der Waals surface area (Å²) in [7, 11) is 0. The molecule has 4 aromatic heterocycles. The molecule has 0 radical (unpaired) electrons. The highest BCUT2D eigenvalue weighted by Crippen LogP contribution is 2.38. The molecule has 0 amide bonds. The molecule has 51 heteroatoms. The summed E-state index contributed by atoms with van der Waals surface area (Å²) in [6.45, 7) is 6.75. The molecule has 19 rings (SSSR count). The number of amidine groups is 4. The Balaban J connectivity index is 0.000000139. The maximum absolute atomic E-state index is 10.3. The monoisotopic (exact) mass is 1940 g/mol. The Hall–Kier alpha value is -12.3. The normalized spacial score (nSPS) is 31.8. The number of hydrazone groups is 1. The van der Waals surface area contributed by atoms with Crippen molar-refractivity contribution in [2.45, 2.75) is 252 Å². The molecular weight excluding hydrogens is 1820 g/mol. The molecule has 15 heterocycles. The number of aliphatic hydroxyl groups excluding tert-OH is 15. The molecule has 6 fully saturated rings. The van der Waals surface area contributed by atoms with E-state index >= 15 is 0 Å². The van der Waals surface area contributed by atoms with Crippen molar-refractivity contribution >= 4 is 111 Å². The largest absolute Gasteiger partial charge is 0.463 e. The highest BCUT2D eigenvalue weighted by Gasteiger charge is 2.55. The molecule has 3 aromatic carbocycles. The number of aliphatic hydroxyl groups is 15. The van der Waals surface area contributed by atoms with Crippen LogP contribution in [0.15, 0.2) is 130 Å². The Bertz CT molecular complexity index is 5760. The number of aromatic nitrogens is 8. The van der Waals surface area contributed by atoms with Crippen molar-refractivity contribution in [1.29, 1.82) is 5.41 Å². The second-order valence-corrected chi connectivity index (χ2v) is 34.7. The SMILES string of the molecule is C.CC(C)C/C=N\NC1=NC2C(N=CN2C2OC(CO)[C@@H](O)[C@H]2O)C(N)=N1.CCC#CC1=NC(=N)C2N=CN(C3OC(CO)[C@@H](O)[C@H]3O)C2N1.Cc1ccc(CCOc2nc(N)c3ncn(C4OC(CO)[C@@H](O)[C@H]4O)c3n2)cc1.NC1=NC(=N/N=C\C2CCCCC2)NC2C1N=CN2C1OC(CO)[C@@H](O)[C@H]1O.Nc1nc(OCCc2ccc3ccccc3c2)nc2c1ncn2C1OC(CO)[C@@H](O)[C@H]1O. The summed E-state index contributed by atoms with van der Waals surface area (Å²) < 4.78 is 42.1. The zero-order valence-corrected chi connectivity index (χ0v) is 75.6. The van der Waals surface area contributed by atoms with Crippen LogP contribution in [0.4, 0.5) is 11.6 Å². The molecule has 750 valence electrons. The van der Waals surface area contributed by atoms with Crippen LogP contribution in [-0.4, -0.2) is 390 Å². The summed E-state index contributed by atoms with van der Waals surface area (Å²) in [5, 5.41) is 176. The lowest BCUT2D eigenvalue weighted by Crippen LogP contribution is -2.61. The van der Waals surface area contributed by atoms with Crippen LogP contribution in [0, 0.1) is 36.0 Å². The standard InChI is InChI=1S/C22H23N5O5.C19H23N5O5.C17H27N7O4.C15H25N7O4.C14H19N5O4.CH4/c23-19-16-20(27(11-24-16)21-18(30)17(29)15(10-28)32-21)26-22(25-19)31-8-7-12-5-6-13-3-1-2-4-14(13)9-12;1-10-2-4-11(5-3-10)6-7-28-19-22-16(20)13-17(23-19)24(9-21-13)18-15(27)14(26)12(8-25)29-18;18-14-11-15(22-17(21-14)23-20-6-9-4-2-1-3-5-9)24(8-19-11)16-13(27)12(26)10(7-25)28-16;1-7(2)3-4-18-21-15-19-12(16)9-13(20-15)22(6-17-9)14-11(25)10(24)8(5-23)26-14;1-2-3-4-8-17-12(15)9-13(18-8)19(6-16-9)14-11(22)10(21)7(5-20)23-14;/h1-6,9,11,15,17-18,21,28-30H,7-8,10H2,(H2,23,25,26);2-5,9,12,14-15,18,25-27H,6-8H2,1H3,(H2,20,22,23);6,8-13,15-16,25-27H,1-5,7H2,(H3,18,21,22,23);4,6-11,13-14,23-25H,3,5H2,1-2H3,(H3,16,19,20,21);6-7,9-11,13-14,20-22H,2,5H2,1H3,(H2,15,17,18);1H4/b;;20-6-;18-4-;;/t15?,17-,18-,21?;12?,14-,15-,18?;10?,11?,12-,13-,15?,16?;8?,9?,10-,11-,13?,14?;7?,9?,10-,11-,13?,14?;/m11111./s1. The van der Waals surface area contributed by atoms with Gasteiger partial charge in [-0.1, -0.05) is 126 Å². The van der Waals surface area contributed by atoms with Gasteiger partial charge in [-0.3, -0.25) is 29.5 Å². The van der Waals surface area contributed by atoms with Gasteiger partial charge in [0.1, 0.15) is 134 Å². The van der Waals surface area contributed by atoms with Crippen LogP contribution >= 0.6 is 0 Å². The lowest BCUT2D eigenvalue weighted by molar-refractivity contribution is -0.0803. The predicted molar refractivity (Wildman–Crippen MR) is 507 cm³/mol. The predicted octanol–water partition coefficient (Wildman–Crippen LogP) is -4.60. The van der Waals surface area contributed by atoms with Crippen molar-refractivity contribution in [2.24, 2.45) is 73.6 Å². The number of ether oxygens (including phenoxy) is 7. The summed E-state index contributed by atoms with van der Waals surface area (Å²) in [6, 6.07) is 21.2. The summed E-state index contributed by atoms with van der Waals surface area (Å²) in [4.78, 5) is 59.8. The number of hydrogen-bond donors (Lipinski definition) is 23. The zero-order chi connectivity index (χ0) is 97.9. The van der Waals surface area contributed by atoms with Gasteiger partial charge in [0.15, 0.2) is 82.9 Å². The van der Waals surface area contributed by atoms with Crippen LogP contribution in [-0.2, 0) is 36.5 Å². The second kappa shape index (κ2) is 46.2. The van der Waals surface area contributed by atoms with Crippen molar-refractivity contribution in [3.63, 3.8) is 0 Å². The molecule has 7 aromatic rings. The van der Waals surface area contributed by atoms with Crippen LogP contribution in [0.5, 0.6) is 12.0 Å². The first-order valence-electron chi connectivity index (χ1n) is 45.3. The van der Waals surface area contributed by atoms with Crippen molar-refractivity contribution in [1.82, 2.24) is 69.8 Å². The highest BCUT2D eigenvalue weighted by molar-refractivity contribution is 6.10. The number of hydrogen-bond acceptors (Lipinski definition) is 46. The summed E-state index contributed by atoms with van der Waals surface area (Å²) in [5.74, 6) is 8.36. The van der Waals surface area contributed by atoms with Gasteiger partial charge in [-0.15, -0.1) is 5.10 Å². The maximum atomic E-state index is 10.3. The van der Waals surface area contributed by atoms with E-state index in [9.17, 15) is 76.6 Å². The smallest absolute Gasteiger partial charge is 0.320 e. The molecule has 1 aliphatic carbocycles. The van der Waals surface area contributed by atoms with E-state index in [4.69, 9.17) is 61.5 Å². The van der Waals surface area contributed by atoms with Gasteiger partial charge in [0, 0.05) is 31.7 Å². The van der Waals surface area contributed by atoms with Gasteiger partial charge >= 0.3 is 12.0 Å². The first-order valence-corrected chi connectivity index (χ1v) is 45.3. The molecule has 0 bridgehead atoms. The molecule has 51 nitrogen and oxygen atoms in total. The molecular formula is C88H121N29O22. The van der Waals surface area contributed by atoms with Gasteiger partial charge in [0.05, 0.1) is 77.9 Å². The number of benzene rings is 3. The van der Waals surface area contributed by atoms with Crippen LogP contribution < -0.4 is 48.5 Å². The van der Waals surface area contributed by atoms with E-state index in [1.165, 1.54) is 71.0 Å². The quantitative estimate of drug-likeness (QED) is 0.0163. The number of fused-ring (bicyclic) bond motifs is 6. The average Bonchev–Trinajstić information content (AvgIpc) is 1.64. The topological polar surface area (TPSA) is 753 Å². The fraction of sp³-hybridized carbons (Fsp3) is 0.557. The number of nitrogens with one attached hydrogen (secondary N) is 4. The Morgan fingerprint density at radius 3 is 1.54 bits per heavy atom. The fourth-order valence-electron chi connectivity index (χ4n) is 17.0. The molecule has 0 spiro atoms. The van der Waals surface area contributed by atoms with Crippen molar-refractivity contribution in [3.8, 4) is 23.9 Å². The number of imidazole rings is 2. The van der Waals surface area contributed by atoms with Crippen LogP contribution in [0.1, 0.15) is 102 Å². The van der Waals surface area contributed by atoms with E-state index in [1.54, 1.807) is 20.9 Å². The van der Waals surface area contributed by atoms with Gasteiger partial charge in [0.25, 0.3) is 0 Å². The fourth-order valence-corrected chi connectivity index (χ4v) is 17.0. The summed E-state index contributed by atoms with van der Waals surface area (Å²) >= 11 is 0. The van der Waals surface area contributed by atoms with E-state index in [0.717, 1.165) is 35.8 Å².